The largest absolute Gasteiger partial charge is 0.395 e. The lowest BCUT2D eigenvalue weighted by atomic mass is 10.0. The average molecular weight is 287 g/mol. The van der Waals surface area contributed by atoms with Crippen LogP contribution in [0.1, 0.15) is 61.0 Å². The lowest BCUT2D eigenvalue weighted by Gasteiger charge is -2.16. The first kappa shape index (κ1) is 17.3. The van der Waals surface area contributed by atoms with Crippen LogP contribution in [0, 0.1) is 18.8 Å². The molecule has 1 aromatic rings. The van der Waals surface area contributed by atoms with Gasteiger partial charge in [0.05, 0.1) is 6.61 Å². The minimum atomic E-state index is -0.0201. The summed E-state index contributed by atoms with van der Waals surface area (Å²) in [6, 6.07) is 5.79. The van der Waals surface area contributed by atoms with Gasteiger partial charge in [0.15, 0.2) is 0 Å². The maximum Gasteiger partial charge on any atom is 0.251 e. The zero-order valence-corrected chi connectivity index (χ0v) is 13.2. The maximum atomic E-state index is 12.2. The van der Waals surface area contributed by atoms with Crippen LogP contribution in [0.5, 0.6) is 0 Å². The molecule has 0 bridgehead atoms. The lowest BCUT2D eigenvalue weighted by Crippen LogP contribution is -2.34. The molecule has 21 heavy (non-hydrogen) atoms. The number of amides is 1. The number of benzene rings is 1. The molecule has 0 saturated heterocycles. The van der Waals surface area contributed by atoms with E-state index in [0.717, 1.165) is 30.4 Å². The molecule has 0 heterocycles. The topological polar surface area (TPSA) is 49.3 Å². The van der Waals surface area contributed by atoms with Gasteiger partial charge in [0.1, 0.15) is 0 Å². The molecule has 0 radical (unpaired) electrons. The van der Waals surface area contributed by atoms with Crippen molar-refractivity contribution in [3.63, 3.8) is 0 Å². The van der Waals surface area contributed by atoms with Crippen molar-refractivity contribution in [1.82, 2.24) is 5.32 Å². The molecule has 1 amide bonds. The van der Waals surface area contributed by atoms with Crippen molar-refractivity contribution in [2.45, 2.75) is 52.5 Å². The van der Waals surface area contributed by atoms with Crippen molar-refractivity contribution in [1.29, 1.82) is 0 Å². The van der Waals surface area contributed by atoms with Crippen LogP contribution in [0.4, 0.5) is 0 Å². The molecule has 3 nitrogen and oxygen atoms in total. The number of nitrogens with one attached hydrogen (secondary N) is 1. The number of aliphatic hydroxyl groups excluding tert-OH is 1. The van der Waals surface area contributed by atoms with Crippen LogP contribution in [0.2, 0.25) is 0 Å². The molecule has 0 fully saturated rings. The van der Waals surface area contributed by atoms with Gasteiger partial charge in [-0.15, -0.1) is 0 Å². The van der Waals surface area contributed by atoms with Gasteiger partial charge >= 0.3 is 0 Å². The third kappa shape index (κ3) is 5.61. The molecule has 1 rings (SSSR count). The van der Waals surface area contributed by atoms with Crippen LogP contribution >= 0.6 is 0 Å². The summed E-state index contributed by atoms with van der Waals surface area (Å²) in [5.74, 6) is 5.89. The van der Waals surface area contributed by atoms with E-state index in [1.54, 1.807) is 0 Å². The van der Waals surface area contributed by atoms with Gasteiger partial charge in [-0.1, -0.05) is 32.1 Å². The molecule has 0 aromatic heterocycles. The molecule has 0 aliphatic heterocycles. The van der Waals surface area contributed by atoms with Crippen LogP contribution in [0.15, 0.2) is 18.2 Å². The molecule has 0 aliphatic rings. The van der Waals surface area contributed by atoms with E-state index in [1.807, 2.05) is 25.1 Å². The summed E-state index contributed by atoms with van der Waals surface area (Å²) in [6.07, 6.45) is 3.49. The SMILES string of the molecule is CCCC(CC)NC(=O)c1ccc(C#CCCO)c(C)c1. The predicted molar refractivity (Wildman–Crippen MR) is 86.2 cm³/mol. The van der Waals surface area contributed by atoms with Crippen LogP contribution in [0.25, 0.3) is 0 Å². The van der Waals surface area contributed by atoms with Gasteiger partial charge in [-0.2, -0.15) is 0 Å². The Morgan fingerprint density at radius 3 is 2.71 bits per heavy atom. The highest BCUT2D eigenvalue weighted by atomic mass is 16.2. The zero-order valence-electron chi connectivity index (χ0n) is 13.2. The lowest BCUT2D eigenvalue weighted by molar-refractivity contribution is 0.0933. The Morgan fingerprint density at radius 2 is 2.14 bits per heavy atom. The van der Waals surface area contributed by atoms with Gasteiger partial charge in [0.25, 0.3) is 5.91 Å². The van der Waals surface area contributed by atoms with E-state index in [0.29, 0.717) is 12.0 Å². The van der Waals surface area contributed by atoms with Crippen molar-refractivity contribution in [2.75, 3.05) is 6.61 Å². The van der Waals surface area contributed by atoms with E-state index in [9.17, 15) is 4.79 Å². The average Bonchev–Trinajstić information content (AvgIpc) is 2.48. The molecular formula is C18H25NO2. The number of hydrogen-bond acceptors (Lipinski definition) is 2. The summed E-state index contributed by atoms with van der Waals surface area (Å²) in [6.45, 7) is 6.23. The van der Waals surface area contributed by atoms with Crippen molar-refractivity contribution >= 4 is 5.91 Å². The minimum Gasteiger partial charge on any atom is -0.395 e. The fourth-order valence-corrected chi connectivity index (χ4v) is 2.15. The third-order valence-electron chi connectivity index (χ3n) is 3.41. The highest BCUT2D eigenvalue weighted by Crippen LogP contribution is 2.11. The van der Waals surface area contributed by atoms with Gasteiger partial charge in [0, 0.05) is 23.6 Å². The Morgan fingerprint density at radius 1 is 1.38 bits per heavy atom. The van der Waals surface area contributed by atoms with Gasteiger partial charge in [-0.3, -0.25) is 4.79 Å². The molecular weight excluding hydrogens is 262 g/mol. The number of hydrogen-bond donors (Lipinski definition) is 2. The summed E-state index contributed by atoms with van der Waals surface area (Å²) in [5, 5.41) is 11.8. The van der Waals surface area contributed by atoms with Crippen molar-refractivity contribution in [2.24, 2.45) is 0 Å². The molecule has 0 spiro atoms. The highest BCUT2D eigenvalue weighted by Gasteiger charge is 2.12. The van der Waals surface area contributed by atoms with Crippen LogP contribution in [0.3, 0.4) is 0 Å². The molecule has 1 aromatic carbocycles. The van der Waals surface area contributed by atoms with Crippen molar-refractivity contribution in [3.8, 4) is 11.8 Å². The molecule has 1 atom stereocenters. The van der Waals surface area contributed by atoms with Crippen molar-refractivity contribution < 1.29 is 9.90 Å². The Bertz CT molecular complexity index is 526. The number of aliphatic hydroxyl groups is 1. The molecule has 3 heteroatoms. The van der Waals surface area contributed by atoms with E-state index in [-0.39, 0.29) is 18.6 Å². The second kappa shape index (κ2) is 9.20. The number of rotatable bonds is 6. The molecule has 114 valence electrons. The first-order valence-corrected chi connectivity index (χ1v) is 7.63. The monoisotopic (exact) mass is 287 g/mol. The summed E-state index contributed by atoms with van der Waals surface area (Å²) >= 11 is 0. The summed E-state index contributed by atoms with van der Waals surface area (Å²) in [7, 11) is 0. The first-order valence-electron chi connectivity index (χ1n) is 7.63. The maximum absolute atomic E-state index is 12.2. The van der Waals surface area contributed by atoms with Gasteiger partial charge in [-0.05, 0) is 43.5 Å². The number of carbonyl (C=O) groups excluding carboxylic acids is 1. The number of carbonyl (C=O) groups is 1. The smallest absolute Gasteiger partial charge is 0.251 e. The Labute approximate surface area is 127 Å². The Kier molecular flexibility index (Phi) is 7.56. The fraction of sp³-hybridized carbons (Fsp3) is 0.500. The van der Waals surface area contributed by atoms with E-state index in [1.165, 1.54) is 0 Å². The van der Waals surface area contributed by atoms with E-state index >= 15 is 0 Å². The Balaban J connectivity index is 2.79. The molecule has 0 aliphatic carbocycles. The van der Waals surface area contributed by atoms with Crippen LogP contribution in [-0.4, -0.2) is 23.7 Å². The second-order valence-corrected chi connectivity index (χ2v) is 5.17. The van der Waals surface area contributed by atoms with Gasteiger partial charge in [0.2, 0.25) is 0 Å². The summed E-state index contributed by atoms with van der Waals surface area (Å²) < 4.78 is 0. The normalized spacial score (nSPS) is 11.4. The van der Waals surface area contributed by atoms with E-state index in [4.69, 9.17) is 5.11 Å². The standard InChI is InChI=1S/C18H25NO2/c1-4-8-17(5-2)19-18(21)16-11-10-15(14(3)13-16)9-6-7-12-20/h10-11,13,17,20H,4-5,7-8,12H2,1-3H3,(H,19,21). The summed E-state index contributed by atoms with van der Waals surface area (Å²) in [4.78, 5) is 12.2. The van der Waals surface area contributed by atoms with Gasteiger partial charge in [-0.25, -0.2) is 0 Å². The Hall–Kier alpha value is -1.79. The quantitative estimate of drug-likeness (QED) is 0.790. The minimum absolute atomic E-state index is 0.0201. The first-order chi connectivity index (χ1) is 10.1. The molecule has 0 saturated carbocycles. The second-order valence-electron chi connectivity index (χ2n) is 5.17. The number of aryl methyl sites for hydroxylation is 1. The van der Waals surface area contributed by atoms with Crippen LogP contribution in [-0.2, 0) is 0 Å². The summed E-state index contributed by atoms with van der Waals surface area (Å²) in [5.41, 5.74) is 2.56. The van der Waals surface area contributed by atoms with E-state index in [2.05, 4.69) is 31.0 Å². The third-order valence-corrected chi connectivity index (χ3v) is 3.41. The zero-order chi connectivity index (χ0) is 15.7. The highest BCUT2D eigenvalue weighted by molar-refractivity contribution is 5.94. The van der Waals surface area contributed by atoms with Crippen LogP contribution < -0.4 is 5.32 Å². The molecule has 1 unspecified atom stereocenters. The molecule has 2 N–H and O–H groups in total. The van der Waals surface area contributed by atoms with Crippen molar-refractivity contribution in [3.05, 3.63) is 34.9 Å². The predicted octanol–water partition coefficient (Wildman–Crippen LogP) is 3.04. The van der Waals surface area contributed by atoms with Gasteiger partial charge < -0.3 is 10.4 Å². The van der Waals surface area contributed by atoms with E-state index < -0.39 is 0 Å². The fourth-order valence-electron chi connectivity index (χ4n) is 2.15.